The van der Waals surface area contributed by atoms with E-state index in [0.717, 1.165) is 5.56 Å². The number of hydrogen-bond donors (Lipinski definition) is 1. The van der Waals surface area contributed by atoms with Crippen molar-refractivity contribution in [2.24, 2.45) is 0 Å². The summed E-state index contributed by atoms with van der Waals surface area (Å²) in [6.45, 7) is 1.89. The van der Waals surface area contributed by atoms with Crippen LogP contribution in [0.5, 0.6) is 11.5 Å². The fourth-order valence-corrected chi connectivity index (χ4v) is 1.90. The molecular weight excluding hydrogens is 252 g/mol. The standard InChI is InChI=1S/C14H11ClO3/c1-9-6-10(15)8-11(7-9)18-13-5-3-2-4-12(13)14(16)17/h2-8H,1H3,(H,16,17). The van der Waals surface area contributed by atoms with Crippen LogP contribution >= 0.6 is 11.6 Å². The number of hydrogen-bond acceptors (Lipinski definition) is 2. The van der Waals surface area contributed by atoms with Gasteiger partial charge in [0.15, 0.2) is 0 Å². The highest BCUT2D eigenvalue weighted by Crippen LogP contribution is 2.28. The number of rotatable bonds is 3. The molecule has 4 heteroatoms. The van der Waals surface area contributed by atoms with Crippen LogP contribution in [0.25, 0.3) is 0 Å². The zero-order valence-electron chi connectivity index (χ0n) is 9.68. The number of halogens is 1. The first kappa shape index (κ1) is 12.5. The first-order valence-corrected chi connectivity index (χ1v) is 5.71. The molecule has 0 radical (unpaired) electrons. The average Bonchev–Trinajstić information content (AvgIpc) is 2.27. The molecule has 0 spiro atoms. The Bertz CT molecular complexity index is 573. The molecule has 92 valence electrons. The molecule has 0 aromatic heterocycles. The summed E-state index contributed by atoms with van der Waals surface area (Å²) in [6, 6.07) is 11.7. The molecule has 0 unspecified atom stereocenters. The Morgan fingerprint density at radius 2 is 1.94 bits per heavy atom. The maximum atomic E-state index is 11.0. The number of carboxylic acids is 1. The molecule has 0 fully saturated rings. The molecule has 2 aromatic carbocycles. The molecular formula is C14H11ClO3. The number of para-hydroxylation sites is 1. The summed E-state index contributed by atoms with van der Waals surface area (Å²) >= 11 is 5.92. The normalized spacial score (nSPS) is 10.1. The molecule has 0 heterocycles. The molecule has 3 nitrogen and oxygen atoms in total. The Labute approximate surface area is 110 Å². The number of ether oxygens (including phenoxy) is 1. The minimum atomic E-state index is -1.02. The smallest absolute Gasteiger partial charge is 0.339 e. The van der Waals surface area contributed by atoms with Crippen LogP contribution in [0.1, 0.15) is 15.9 Å². The summed E-state index contributed by atoms with van der Waals surface area (Å²) in [5, 5.41) is 9.60. The van der Waals surface area contributed by atoms with E-state index in [9.17, 15) is 4.79 Å². The highest BCUT2D eigenvalue weighted by Gasteiger charge is 2.11. The van der Waals surface area contributed by atoms with Crippen molar-refractivity contribution in [3.8, 4) is 11.5 Å². The second-order valence-electron chi connectivity index (χ2n) is 3.87. The van der Waals surface area contributed by atoms with Gasteiger partial charge in [0.2, 0.25) is 0 Å². The molecule has 1 N–H and O–H groups in total. The summed E-state index contributed by atoms with van der Waals surface area (Å²) in [6.07, 6.45) is 0. The van der Waals surface area contributed by atoms with Crippen molar-refractivity contribution in [1.29, 1.82) is 0 Å². The average molecular weight is 263 g/mol. The van der Waals surface area contributed by atoms with Gasteiger partial charge in [-0.05, 0) is 42.8 Å². The number of benzene rings is 2. The molecule has 2 aromatic rings. The van der Waals surface area contributed by atoms with Crippen molar-refractivity contribution in [3.63, 3.8) is 0 Å². The third-order valence-corrected chi connectivity index (χ3v) is 2.58. The lowest BCUT2D eigenvalue weighted by Crippen LogP contribution is -1.99. The summed E-state index contributed by atoms with van der Waals surface area (Å²) in [7, 11) is 0. The number of carboxylic acid groups (broad SMARTS) is 1. The van der Waals surface area contributed by atoms with E-state index < -0.39 is 5.97 Å². The minimum absolute atomic E-state index is 0.120. The van der Waals surface area contributed by atoms with Gasteiger partial charge in [0.25, 0.3) is 0 Å². The van der Waals surface area contributed by atoms with Gasteiger partial charge < -0.3 is 9.84 Å². The van der Waals surface area contributed by atoms with E-state index in [0.29, 0.717) is 16.5 Å². The lowest BCUT2D eigenvalue weighted by atomic mass is 10.2. The van der Waals surface area contributed by atoms with Crippen LogP contribution in [0.2, 0.25) is 5.02 Å². The van der Waals surface area contributed by atoms with Gasteiger partial charge in [0.1, 0.15) is 17.1 Å². The summed E-state index contributed by atoms with van der Waals surface area (Å²) in [5.74, 6) is -0.204. The van der Waals surface area contributed by atoms with Crippen LogP contribution in [0, 0.1) is 6.92 Å². The maximum absolute atomic E-state index is 11.0. The Morgan fingerprint density at radius 3 is 2.61 bits per heavy atom. The van der Waals surface area contributed by atoms with Crippen LogP contribution in [-0.4, -0.2) is 11.1 Å². The van der Waals surface area contributed by atoms with E-state index in [2.05, 4.69) is 0 Å². The molecule has 0 saturated heterocycles. The predicted molar refractivity (Wildman–Crippen MR) is 69.7 cm³/mol. The summed E-state index contributed by atoms with van der Waals surface area (Å²) in [4.78, 5) is 11.0. The lowest BCUT2D eigenvalue weighted by Gasteiger charge is -2.09. The van der Waals surface area contributed by atoms with E-state index in [4.69, 9.17) is 21.4 Å². The Hall–Kier alpha value is -2.00. The predicted octanol–water partition coefficient (Wildman–Crippen LogP) is 4.14. The zero-order valence-corrected chi connectivity index (χ0v) is 10.4. The quantitative estimate of drug-likeness (QED) is 0.904. The monoisotopic (exact) mass is 262 g/mol. The fraction of sp³-hybridized carbons (Fsp3) is 0.0714. The van der Waals surface area contributed by atoms with Gasteiger partial charge in [-0.15, -0.1) is 0 Å². The second kappa shape index (κ2) is 5.10. The maximum Gasteiger partial charge on any atom is 0.339 e. The van der Waals surface area contributed by atoms with Crippen molar-refractivity contribution in [2.45, 2.75) is 6.92 Å². The van der Waals surface area contributed by atoms with Gasteiger partial charge in [-0.3, -0.25) is 0 Å². The van der Waals surface area contributed by atoms with Gasteiger partial charge in [-0.2, -0.15) is 0 Å². The van der Waals surface area contributed by atoms with Crippen LogP contribution in [0.3, 0.4) is 0 Å². The van der Waals surface area contributed by atoms with Crippen molar-refractivity contribution in [1.82, 2.24) is 0 Å². The highest BCUT2D eigenvalue weighted by molar-refractivity contribution is 6.30. The topological polar surface area (TPSA) is 46.5 Å². The summed E-state index contributed by atoms with van der Waals surface area (Å²) < 4.78 is 5.57. The SMILES string of the molecule is Cc1cc(Cl)cc(Oc2ccccc2C(=O)O)c1. The molecule has 18 heavy (non-hydrogen) atoms. The van der Waals surface area contributed by atoms with Crippen LogP contribution in [-0.2, 0) is 0 Å². The number of aryl methyl sites for hydroxylation is 1. The first-order valence-electron chi connectivity index (χ1n) is 5.33. The van der Waals surface area contributed by atoms with Crippen molar-refractivity contribution in [2.75, 3.05) is 0 Å². The lowest BCUT2D eigenvalue weighted by molar-refractivity contribution is 0.0694. The Morgan fingerprint density at radius 1 is 1.22 bits per heavy atom. The Kier molecular flexibility index (Phi) is 3.53. The molecule has 0 saturated carbocycles. The second-order valence-corrected chi connectivity index (χ2v) is 4.30. The fourth-order valence-electron chi connectivity index (χ4n) is 1.62. The molecule has 0 bridgehead atoms. The first-order chi connectivity index (χ1) is 8.56. The van der Waals surface area contributed by atoms with Crippen molar-refractivity contribution >= 4 is 17.6 Å². The zero-order chi connectivity index (χ0) is 13.1. The molecule has 2 rings (SSSR count). The van der Waals surface area contributed by atoms with E-state index in [1.54, 1.807) is 36.4 Å². The van der Waals surface area contributed by atoms with E-state index in [1.165, 1.54) is 6.07 Å². The molecule has 0 aliphatic heterocycles. The third kappa shape index (κ3) is 2.81. The van der Waals surface area contributed by atoms with Gasteiger partial charge in [-0.1, -0.05) is 23.7 Å². The van der Waals surface area contributed by atoms with Crippen molar-refractivity contribution in [3.05, 3.63) is 58.6 Å². The minimum Gasteiger partial charge on any atom is -0.478 e. The Balaban J connectivity index is 2.37. The number of aromatic carboxylic acids is 1. The molecule has 0 amide bonds. The van der Waals surface area contributed by atoms with Crippen LogP contribution in [0.4, 0.5) is 0 Å². The largest absolute Gasteiger partial charge is 0.478 e. The molecule has 0 atom stereocenters. The molecule has 0 aliphatic rings. The van der Waals surface area contributed by atoms with Crippen molar-refractivity contribution < 1.29 is 14.6 Å². The number of carbonyl (C=O) groups is 1. The van der Waals surface area contributed by atoms with E-state index in [-0.39, 0.29) is 5.56 Å². The van der Waals surface area contributed by atoms with Crippen LogP contribution in [0.15, 0.2) is 42.5 Å². The van der Waals surface area contributed by atoms with Gasteiger partial charge in [-0.25, -0.2) is 4.79 Å². The van der Waals surface area contributed by atoms with Gasteiger partial charge in [0, 0.05) is 5.02 Å². The highest BCUT2D eigenvalue weighted by atomic mass is 35.5. The van der Waals surface area contributed by atoms with E-state index >= 15 is 0 Å². The van der Waals surface area contributed by atoms with Gasteiger partial charge in [0.05, 0.1) is 0 Å². The van der Waals surface area contributed by atoms with Crippen LogP contribution < -0.4 is 4.74 Å². The van der Waals surface area contributed by atoms with E-state index in [1.807, 2.05) is 6.92 Å². The molecule has 0 aliphatic carbocycles. The van der Waals surface area contributed by atoms with Gasteiger partial charge >= 0.3 is 5.97 Å². The summed E-state index contributed by atoms with van der Waals surface area (Å²) in [5.41, 5.74) is 1.07. The third-order valence-electron chi connectivity index (χ3n) is 2.36.